The van der Waals surface area contributed by atoms with Crippen molar-refractivity contribution in [1.82, 2.24) is 10.2 Å². The fourth-order valence-electron chi connectivity index (χ4n) is 2.73. The van der Waals surface area contributed by atoms with Gasteiger partial charge in [0.15, 0.2) is 0 Å². The maximum Gasteiger partial charge on any atom is 0.239 e. The smallest absolute Gasteiger partial charge is 0.239 e. The Balaban J connectivity index is 1.81. The molecule has 0 saturated carbocycles. The summed E-state index contributed by atoms with van der Waals surface area (Å²) in [6.45, 7) is 2.58. The number of amides is 2. The van der Waals surface area contributed by atoms with E-state index in [9.17, 15) is 9.59 Å². The average Bonchev–Trinajstić information content (AvgIpc) is 2.66. The molecule has 0 aliphatic rings. The van der Waals surface area contributed by atoms with Crippen molar-refractivity contribution >= 4 is 11.8 Å². The Hall–Kier alpha value is -2.82. The van der Waals surface area contributed by atoms with Gasteiger partial charge in [-0.3, -0.25) is 9.59 Å². The van der Waals surface area contributed by atoms with Crippen LogP contribution >= 0.6 is 0 Å². The van der Waals surface area contributed by atoms with Crippen LogP contribution in [0.5, 0.6) is 5.75 Å². The number of ether oxygens (including phenoxy) is 1. The summed E-state index contributed by atoms with van der Waals surface area (Å²) in [7, 11) is 1.63. The molecule has 0 radical (unpaired) electrons. The molecule has 138 valence electrons. The van der Waals surface area contributed by atoms with E-state index in [0.717, 1.165) is 17.7 Å². The molecule has 2 aromatic rings. The molecular weight excluding hydrogens is 328 g/mol. The molecule has 2 rings (SSSR count). The van der Waals surface area contributed by atoms with Gasteiger partial charge in [-0.15, -0.1) is 0 Å². The van der Waals surface area contributed by atoms with Gasteiger partial charge in [-0.2, -0.15) is 0 Å². The molecule has 5 nitrogen and oxygen atoms in total. The number of methoxy groups -OCH3 is 1. The Morgan fingerprint density at radius 1 is 1.00 bits per heavy atom. The van der Waals surface area contributed by atoms with Gasteiger partial charge in [0.2, 0.25) is 11.8 Å². The summed E-state index contributed by atoms with van der Waals surface area (Å²) < 4.78 is 5.33. The number of carbonyl (C=O) groups excluding carboxylic acids is 2. The third-order valence-corrected chi connectivity index (χ3v) is 4.20. The SMILES string of the molecule is COc1ccccc1CCN(CC(=O)NCCc1ccccc1)C(C)=O. The molecule has 0 heterocycles. The van der Waals surface area contributed by atoms with Crippen molar-refractivity contribution in [2.24, 2.45) is 0 Å². The number of hydrogen-bond donors (Lipinski definition) is 1. The van der Waals surface area contributed by atoms with E-state index in [1.807, 2.05) is 54.6 Å². The fraction of sp³-hybridized carbons (Fsp3) is 0.333. The Morgan fingerprint density at radius 2 is 1.69 bits per heavy atom. The average molecular weight is 354 g/mol. The lowest BCUT2D eigenvalue weighted by molar-refractivity contribution is -0.134. The number of nitrogens with zero attached hydrogens (tertiary/aromatic N) is 1. The number of carbonyl (C=O) groups is 2. The van der Waals surface area contributed by atoms with Gasteiger partial charge in [0.05, 0.1) is 13.7 Å². The lowest BCUT2D eigenvalue weighted by Gasteiger charge is -2.21. The minimum absolute atomic E-state index is 0.0687. The quantitative estimate of drug-likeness (QED) is 0.752. The van der Waals surface area contributed by atoms with E-state index in [1.165, 1.54) is 12.5 Å². The van der Waals surface area contributed by atoms with E-state index in [1.54, 1.807) is 12.0 Å². The largest absolute Gasteiger partial charge is 0.496 e. The summed E-state index contributed by atoms with van der Waals surface area (Å²) in [5, 5.41) is 2.88. The summed E-state index contributed by atoms with van der Waals surface area (Å²) in [5.74, 6) is 0.539. The van der Waals surface area contributed by atoms with E-state index < -0.39 is 0 Å². The molecule has 0 aliphatic heterocycles. The van der Waals surface area contributed by atoms with Gasteiger partial charge in [0.1, 0.15) is 5.75 Å². The van der Waals surface area contributed by atoms with Crippen LogP contribution in [0.2, 0.25) is 0 Å². The maximum absolute atomic E-state index is 12.2. The third-order valence-electron chi connectivity index (χ3n) is 4.20. The van der Waals surface area contributed by atoms with E-state index in [0.29, 0.717) is 19.5 Å². The zero-order valence-electron chi connectivity index (χ0n) is 15.4. The third kappa shape index (κ3) is 6.24. The van der Waals surface area contributed by atoms with Gasteiger partial charge in [-0.25, -0.2) is 0 Å². The molecule has 0 aliphatic carbocycles. The molecule has 0 saturated heterocycles. The lowest BCUT2D eigenvalue weighted by atomic mass is 10.1. The van der Waals surface area contributed by atoms with Crippen molar-refractivity contribution in [2.45, 2.75) is 19.8 Å². The molecule has 0 fully saturated rings. The molecule has 26 heavy (non-hydrogen) atoms. The van der Waals surface area contributed by atoms with Crippen LogP contribution in [0.25, 0.3) is 0 Å². The predicted octanol–water partition coefficient (Wildman–Crippen LogP) is 2.45. The first-order valence-electron chi connectivity index (χ1n) is 8.78. The molecule has 1 N–H and O–H groups in total. The second kappa shape index (κ2) is 10.2. The van der Waals surface area contributed by atoms with Crippen LogP contribution in [0.1, 0.15) is 18.1 Å². The van der Waals surface area contributed by atoms with E-state index in [4.69, 9.17) is 4.74 Å². The minimum Gasteiger partial charge on any atom is -0.496 e. The van der Waals surface area contributed by atoms with Gasteiger partial charge in [-0.1, -0.05) is 48.5 Å². The van der Waals surface area contributed by atoms with Crippen LogP contribution in [0, 0.1) is 0 Å². The second-order valence-electron chi connectivity index (χ2n) is 6.09. The van der Waals surface area contributed by atoms with Crippen molar-refractivity contribution < 1.29 is 14.3 Å². The molecule has 2 aromatic carbocycles. The van der Waals surface area contributed by atoms with E-state index in [2.05, 4.69) is 5.32 Å². The highest BCUT2D eigenvalue weighted by molar-refractivity contribution is 5.83. The second-order valence-corrected chi connectivity index (χ2v) is 6.09. The number of nitrogens with one attached hydrogen (secondary N) is 1. The number of hydrogen-bond acceptors (Lipinski definition) is 3. The van der Waals surface area contributed by atoms with Gasteiger partial charge < -0.3 is 15.0 Å². The number of benzene rings is 2. The van der Waals surface area contributed by atoms with Crippen molar-refractivity contribution in [3.63, 3.8) is 0 Å². The lowest BCUT2D eigenvalue weighted by Crippen LogP contribution is -2.41. The van der Waals surface area contributed by atoms with E-state index >= 15 is 0 Å². The summed E-state index contributed by atoms with van der Waals surface area (Å²) in [5.41, 5.74) is 2.19. The summed E-state index contributed by atoms with van der Waals surface area (Å²) >= 11 is 0. The van der Waals surface area contributed by atoms with Crippen LogP contribution in [0.3, 0.4) is 0 Å². The Bertz CT molecular complexity index is 716. The first kappa shape index (κ1) is 19.5. The molecule has 0 unspecified atom stereocenters. The standard InChI is InChI=1S/C21H26N2O3/c1-17(24)23(15-13-19-10-6-7-11-20(19)26-2)16-21(25)22-14-12-18-8-4-3-5-9-18/h3-11H,12-16H2,1-2H3,(H,22,25). The topological polar surface area (TPSA) is 58.6 Å². The van der Waals surface area contributed by atoms with Crippen molar-refractivity contribution in [3.05, 3.63) is 65.7 Å². The van der Waals surface area contributed by atoms with Crippen LogP contribution in [-0.4, -0.2) is 43.5 Å². The molecule has 0 aromatic heterocycles. The van der Waals surface area contributed by atoms with Crippen LogP contribution in [0.4, 0.5) is 0 Å². The van der Waals surface area contributed by atoms with Crippen LogP contribution < -0.4 is 10.1 Å². The monoisotopic (exact) mass is 354 g/mol. The molecule has 0 bridgehead atoms. The zero-order valence-corrected chi connectivity index (χ0v) is 15.4. The first-order chi connectivity index (χ1) is 12.6. The van der Waals surface area contributed by atoms with Crippen LogP contribution in [-0.2, 0) is 22.4 Å². The molecule has 2 amide bonds. The van der Waals surface area contributed by atoms with Crippen molar-refractivity contribution in [3.8, 4) is 5.75 Å². The normalized spacial score (nSPS) is 10.2. The summed E-state index contributed by atoms with van der Waals surface area (Å²) in [6.07, 6.45) is 1.41. The zero-order chi connectivity index (χ0) is 18.8. The molecule has 0 spiro atoms. The fourth-order valence-corrected chi connectivity index (χ4v) is 2.73. The highest BCUT2D eigenvalue weighted by Gasteiger charge is 2.14. The molecular formula is C21H26N2O3. The number of para-hydroxylation sites is 1. The highest BCUT2D eigenvalue weighted by atomic mass is 16.5. The molecule has 5 heteroatoms. The van der Waals surface area contributed by atoms with Crippen LogP contribution in [0.15, 0.2) is 54.6 Å². The Kier molecular flexibility index (Phi) is 7.68. The van der Waals surface area contributed by atoms with Gasteiger partial charge in [0, 0.05) is 20.0 Å². The maximum atomic E-state index is 12.2. The number of rotatable bonds is 9. The van der Waals surface area contributed by atoms with Gasteiger partial charge in [0.25, 0.3) is 0 Å². The van der Waals surface area contributed by atoms with Gasteiger partial charge in [-0.05, 0) is 30.0 Å². The summed E-state index contributed by atoms with van der Waals surface area (Å²) in [6, 6.07) is 17.7. The predicted molar refractivity (Wildman–Crippen MR) is 102 cm³/mol. The molecule has 0 atom stereocenters. The van der Waals surface area contributed by atoms with Crippen molar-refractivity contribution in [1.29, 1.82) is 0 Å². The Morgan fingerprint density at radius 3 is 2.38 bits per heavy atom. The van der Waals surface area contributed by atoms with Gasteiger partial charge >= 0.3 is 0 Å². The summed E-state index contributed by atoms with van der Waals surface area (Å²) in [4.78, 5) is 25.6. The van der Waals surface area contributed by atoms with Crippen molar-refractivity contribution in [2.75, 3.05) is 26.7 Å². The Labute approximate surface area is 155 Å². The first-order valence-corrected chi connectivity index (χ1v) is 8.78. The minimum atomic E-state index is -0.142. The highest BCUT2D eigenvalue weighted by Crippen LogP contribution is 2.18. The van der Waals surface area contributed by atoms with E-state index in [-0.39, 0.29) is 18.4 Å².